The average Bonchev–Trinajstić information content (AvgIpc) is 2.78. The number of rotatable bonds is 4. The van der Waals surface area contributed by atoms with Gasteiger partial charge in [0, 0.05) is 16.7 Å². The van der Waals surface area contributed by atoms with Crippen molar-refractivity contribution in [2.45, 2.75) is 32.4 Å². The van der Waals surface area contributed by atoms with Crippen LogP contribution in [0.3, 0.4) is 0 Å². The quantitative estimate of drug-likeness (QED) is 0.942. The summed E-state index contributed by atoms with van der Waals surface area (Å²) < 4.78 is 3.04. The summed E-state index contributed by atoms with van der Waals surface area (Å²) in [6.07, 6.45) is 4.83. The SMILES string of the molecule is CCC(N)C(c1ccc(Br)cc1)n1cc(C)cn1. The van der Waals surface area contributed by atoms with Crippen LogP contribution < -0.4 is 5.73 Å². The molecule has 4 heteroatoms. The Labute approximate surface area is 116 Å². The molecule has 2 rings (SSSR count). The van der Waals surface area contributed by atoms with Crippen LogP contribution in [0.15, 0.2) is 41.1 Å². The van der Waals surface area contributed by atoms with Crippen LogP contribution in [0.2, 0.25) is 0 Å². The van der Waals surface area contributed by atoms with Gasteiger partial charge in [-0.2, -0.15) is 5.10 Å². The molecule has 0 aliphatic carbocycles. The third-order valence-electron chi connectivity index (χ3n) is 3.10. The number of nitrogens with two attached hydrogens (primary N) is 1. The molecule has 96 valence electrons. The van der Waals surface area contributed by atoms with Crippen molar-refractivity contribution in [2.24, 2.45) is 5.73 Å². The van der Waals surface area contributed by atoms with Gasteiger partial charge in [-0.05, 0) is 36.6 Å². The fourth-order valence-corrected chi connectivity index (χ4v) is 2.33. The Morgan fingerprint density at radius 2 is 2.00 bits per heavy atom. The first-order valence-electron chi connectivity index (χ1n) is 6.13. The van der Waals surface area contributed by atoms with Gasteiger partial charge in [0.05, 0.1) is 12.2 Å². The molecule has 2 N–H and O–H groups in total. The minimum atomic E-state index is 0.0606. The molecule has 0 saturated heterocycles. The predicted octanol–water partition coefficient (Wildman–Crippen LogP) is 3.28. The van der Waals surface area contributed by atoms with Crippen molar-refractivity contribution in [3.63, 3.8) is 0 Å². The van der Waals surface area contributed by atoms with Crippen molar-refractivity contribution in [1.29, 1.82) is 0 Å². The van der Waals surface area contributed by atoms with E-state index in [-0.39, 0.29) is 12.1 Å². The Balaban J connectivity index is 2.39. The number of hydrogen-bond acceptors (Lipinski definition) is 2. The van der Waals surface area contributed by atoms with Crippen LogP contribution in [0, 0.1) is 6.92 Å². The lowest BCUT2D eigenvalue weighted by Gasteiger charge is -2.24. The van der Waals surface area contributed by atoms with Gasteiger partial charge in [-0.3, -0.25) is 4.68 Å². The van der Waals surface area contributed by atoms with E-state index in [2.05, 4.69) is 40.1 Å². The summed E-state index contributed by atoms with van der Waals surface area (Å²) in [5.74, 6) is 0. The van der Waals surface area contributed by atoms with Gasteiger partial charge in [0.2, 0.25) is 0 Å². The largest absolute Gasteiger partial charge is 0.326 e. The summed E-state index contributed by atoms with van der Waals surface area (Å²) in [4.78, 5) is 0. The zero-order valence-electron chi connectivity index (χ0n) is 10.7. The van der Waals surface area contributed by atoms with Crippen LogP contribution in [0.5, 0.6) is 0 Å². The van der Waals surface area contributed by atoms with Crippen molar-refractivity contribution in [3.05, 3.63) is 52.3 Å². The molecule has 0 bridgehead atoms. The van der Waals surface area contributed by atoms with E-state index < -0.39 is 0 Å². The average molecular weight is 308 g/mol. The second-order valence-corrected chi connectivity index (χ2v) is 5.48. The summed E-state index contributed by atoms with van der Waals surface area (Å²) in [6.45, 7) is 4.15. The fraction of sp³-hybridized carbons (Fsp3) is 0.357. The lowest BCUT2D eigenvalue weighted by molar-refractivity contribution is 0.424. The maximum atomic E-state index is 6.26. The molecule has 1 aromatic heterocycles. The molecule has 0 aliphatic heterocycles. The molecule has 0 amide bonds. The molecule has 0 aliphatic rings. The van der Waals surface area contributed by atoms with Crippen molar-refractivity contribution in [1.82, 2.24) is 9.78 Å². The topological polar surface area (TPSA) is 43.8 Å². The Kier molecular flexibility index (Phi) is 4.19. The van der Waals surface area contributed by atoms with E-state index in [9.17, 15) is 0 Å². The fourth-order valence-electron chi connectivity index (χ4n) is 2.06. The maximum Gasteiger partial charge on any atom is 0.0919 e. The van der Waals surface area contributed by atoms with Crippen molar-refractivity contribution < 1.29 is 0 Å². The molecular formula is C14H18BrN3. The predicted molar refractivity (Wildman–Crippen MR) is 77.5 cm³/mol. The lowest BCUT2D eigenvalue weighted by Crippen LogP contribution is -2.32. The smallest absolute Gasteiger partial charge is 0.0919 e. The van der Waals surface area contributed by atoms with E-state index in [1.165, 1.54) is 5.56 Å². The number of aromatic nitrogens is 2. The Morgan fingerprint density at radius 1 is 1.33 bits per heavy atom. The van der Waals surface area contributed by atoms with Crippen LogP contribution in [0.1, 0.15) is 30.5 Å². The summed E-state index contributed by atoms with van der Waals surface area (Å²) in [5, 5.41) is 4.41. The van der Waals surface area contributed by atoms with Gasteiger partial charge in [0.15, 0.2) is 0 Å². The van der Waals surface area contributed by atoms with Gasteiger partial charge < -0.3 is 5.73 Å². The van der Waals surface area contributed by atoms with E-state index >= 15 is 0 Å². The van der Waals surface area contributed by atoms with Gasteiger partial charge in [0.25, 0.3) is 0 Å². The summed E-state index contributed by atoms with van der Waals surface area (Å²) in [6, 6.07) is 8.44. The monoisotopic (exact) mass is 307 g/mol. The van der Waals surface area contributed by atoms with Crippen molar-refractivity contribution in [2.75, 3.05) is 0 Å². The highest BCUT2D eigenvalue weighted by molar-refractivity contribution is 9.10. The zero-order chi connectivity index (χ0) is 13.1. The van der Waals surface area contributed by atoms with Gasteiger partial charge in [-0.15, -0.1) is 0 Å². The van der Waals surface area contributed by atoms with Gasteiger partial charge in [-0.1, -0.05) is 35.0 Å². The molecule has 0 radical (unpaired) electrons. The normalized spacial score (nSPS) is 14.4. The van der Waals surface area contributed by atoms with Crippen molar-refractivity contribution >= 4 is 15.9 Å². The maximum absolute atomic E-state index is 6.26. The van der Waals surface area contributed by atoms with Crippen LogP contribution in [-0.4, -0.2) is 15.8 Å². The van der Waals surface area contributed by atoms with Gasteiger partial charge in [0.1, 0.15) is 0 Å². The van der Waals surface area contributed by atoms with Crippen LogP contribution in [0.25, 0.3) is 0 Å². The van der Waals surface area contributed by atoms with Gasteiger partial charge >= 0.3 is 0 Å². The first-order valence-corrected chi connectivity index (χ1v) is 6.93. The number of aryl methyl sites for hydroxylation is 1. The van der Waals surface area contributed by atoms with E-state index in [1.807, 2.05) is 36.1 Å². The second kappa shape index (κ2) is 5.67. The third kappa shape index (κ3) is 2.82. The molecular weight excluding hydrogens is 290 g/mol. The molecule has 2 atom stereocenters. The van der Waals surface area contributed by atoms with Crippen LogP contribution in [0.4, 0.5) is 0 Å². The molecule has 3 nitrogen and oxygen atoms in total. The standard InChI is InChI=1S/C14H18BrN3/c1-3-13(16)14(18-9-10(2)8-17-18)11-4-6-12(15)7-5-11/h4-9,13-14H,3,16H2,1-2H3. The van der Waals surface area contributed by atoms with E-state index in [1.54, 1.807) is 0 Å². The minimum absolute atomic E-state index is 0.0606. The molecule has 1 heterocycles. The first kappa shape index (κ1) is 13.3. The highest BCUT2D eigenvalue weighted by Crippen LogP contribution is 2.24. The highest BCUT2D eigenvalue weighted by atomic mass is 79.9. The molecule has 1 aromatic carbocycles. The van der Waals surface area contributed by atoms with E-state index in [0.29, 0.717) is 0 Å². The Bertz CT molecular complexity index is 504. The van der Waals surface area contributed by atoms with Crippen molar-refractivity contribution in [3.8, 4) is 0 Å². The number of halogens is 1. The molecule has 2 unspecified atom stereocenters. The molecule has 0 saturated carbocycles. The van der Waals surface area contributed by atoms with E-state index in [4.69, 9.17) is 5.73 Å². The zero-order valence-corrected chi connectivity index (χ0v) is 12.3. The van der Waals surface area contributed by atoms with Crippen LogP contribution in [-0.2, 0) is 0 Å². The Morgan fingerprint density at radius 3 is 2.50 bits per heavy atom. The molecule has 18 heavy (non-hydrogen) atoms. The number of nitrogens with zero attached hydrogens (tertiary/aromatic N) is 2. The Hall–Kier alpha value is -1.13. The summed E-state index contributed by atoms with van der Waals surface area (Å²) in [5.41, 5.74) is 8.60. The minimum Gasteiger partial charge on any atom is -0.326 e. The first-order chi connectivity index (χ1) is 8.61. The molecule has 0 spiro atoms. The number of benzene rings is 1. The second-order valence-electron chi connectivity index (χ2n) is 4.57. The third-order valence-corrected chi connectivity index (χ3v) is 3.63. The molecule has 0 fully saturated rings. The summed E-state index contributed by atoms with van der Waals surface area (Å²) in [7, 11) is 0. The number of hydrogen-bond donors (Lipinski definition) is 1. The van der Waals surface area contributed by atoms with Crippen LogP contribution >= 0.6 is 15.9 Å². The van der Waals surface area contributed by atoms with Gasteiger partial charge in [-0.25, -0.2) is 0 Å². The van der Waals surface area contributed by atoms with E-state index in [0.717, 1.165) is 16.5 Å². The molecule has 2 aromatic rings. The summed E-state index contributed by atoms with van der Waals surface area (Å²) >= 11 is 3.46. The highest BCUT2D eigenvalue weighted by Gasteiger charge is 2.21. The lowest BCUT2D eigenvalue weighted by atomic mass is 9.98.